The summed E-state index contributed by atoms with van der Waals surface area (Å²) < 4.78 is 28.7. The van der Waals surface area contributed by atoms with Crippen LogP contribution >= 0.6 is 31.9 Å². The summed E-state index contributed by atoms with van der Waals surface area (Å²) in [4.78, 5) is 22.4. The second kappa shape index (κ2) is 12.0. The van der Waals surface area contributed by atoms with E-state index < -0.39 is 16.0 Å². The second-order valence-electron chi connectivity index (χ2n) is 8.09. The number of nitrogens with zero attached hydrogens (tertiary/aromatic N) is 1. The number of anilines is 1. The van der Waals surface area contributed by atoms with E-state index in [1.807, 2.05) is 25.1 Å². The average Bonchev–Trinajstić information content (AvgIpc) is 2.80. The lowest BCUT2D eigenvalue weighted by Crippen LogP contribution is -2.33. The van der Waals surface area contributed by atoms with E-state index in [1.165, 1.54) is 17.7 Å². The Morgan fingerprint density at radius 1 is 0.971 bits per heavy atom. The minimum Gasteiger partial charge on any atom is -0.481 e. The van der Waals surface area contributed by atoms with Crippen molar-refractivity contribution < 1.29 is 23.1 Å². The summed E-state index contributed by atoms with van der Waals surface area (Å²) in [6.07, 6.45) is 2.48. The van der Waals surface area contributed by atoms with Gasteiger partial charge >= 0.3 is 5.97 Å². The summed E-state index contributed by atoms with van der Waals surface area (Å²) in [5.41, 5.74) is 3.48. The first-order valence-electron chi connectivity index (χ1n) is 11.0. The molecule has 0 spiro atoms. The van der Waals surface area contributed by atoms with Gasteiger partial charge in [-0.2, -0.15) is 0 Å². The highest BCUT2D eigenvalue weighted by atomic mass is 79.9. The molecule has 1 N–H and O–H groups in total. The third-order valence-electron chi connectivity index (χ3n) is 5.45. The lowest BCUT2D eigenvalue weighted by Gasteiger charge is -2.24. The standard InChI is InChI=1S/C16H16BrNO4S.C10H9BrO/c1-12-5-7-15(8-6-12)23(21,22)18(10-9-16(19)20)14-4-2-3-13(17)11-14;11-8-4-5-9-7(6-8)2-1-3-10(9)12/h2-8,11H,9-10H2,1H3,(H,19,20);4-6H,1-3H2. The van der Waals surface area contributed by atoms with Crippen molar-refractivity contribution in [3.05, 3.63) is 92.4 Å². The van der Waals surface area contributed by atoms with Gasteiger partial charge in [-0.25, -0.2) is 8.42 Å². The number of hydrogen-bond donors (Lipinski definition) is 1. The van der Waals surface area contributed by atoms with E-state index in [9.17, 15) is 18.0 Å². The van der Waals surface area contributed by atoms with Gasteiger partial charge in [-0.15, -0.1) is 0 Å². The predicted octanol–water partition coefficient (Wildman–Crippen LogP) is 6.40. The van der Waals surface area contributed by atoms with Crippen LogP contribution in [-0.4, -0.2) is 31.8 Å². The highest BCUT2D eigenvalue weighted by Gasteiger charge is 2.25. The van der Waals surface area contributed by atoms with Crippen LogP contribution in [0.2, 0.25) is 0 Å². The van der Waals surface area contributed by atoms with E-state index >= 15 is 0 Å². The molecule has 35 heavy (non-hydrogen) atoms. The maximum atomic E-state index is 12.9. The van der Waals surface area contributed by atoms with E-state index in [2.05, 4.69) is 31.9 Å². The van der Waals surface area contributed by atoms with E-state index in [4.69, 9.17) is 5.11 Å². The number of sulfonamides is 1. The molecule has 0 heterocycles. The highest BCUT2D eigenvalue weighted by Crippen LogP contribution is 2.27. The molecule has 0 radical (unpaired) electrons. The zero-order chi connectivity index (χ0) is 25.6. The third-order valence-corrected chi connectivity index (χ3v) is 8.28. The molecular formula is C26H25Br2NO5S. The van der Waals surface area contributed by atoms with Crippen LogP contribution < -0.4 is 4.31 Å². The highest BCUT2D eigenvalue weighted by molar-refractivity contribution is 9.10. The fourth-order valence-corrected chi connectivity index (χ4v) is 5.92. The summed E-state index contributed by atoms with van der Waals surface area (Å²) in [5.74, 6) is -0.757. The molecule has 0 saturated heterocycles. The van der Waals surface area contributed by atoms with E-state index in [0.717, 1.165) is 37.2 Å². The third kappa shape index (κ3) is 7.25. The maximum absolute atomic E-state index is 12.9. The Bertz CT molecular complexity index is 1320. The molecule has 9 heteroatoms. The monoisotopic (exact) mass is 621 g/mol. The van der Waals surface area contributed by atoms with Crippen LogP contribution in [0.4, 0.5) is 5.69 Å². The summed E-state index contributed by atoms with van der Waals surface area (Å²) in [5, 5.41) is 8.91. The van der Waals surface area contributed by atoms with Crippen molar-refractivity contribution in [2.24, 2.45) is 0 Å². The number of carboxylic acids is 1. The molecule has 3 aromatic rings. The minimum atomic E-state index is -3.83. The number of rotatable bonds is 6. The van der Waals surface area contributed by atoms with Gasteiger partial charge in [-0.3, -0.25) is 13.9 Å². The Hall–Kier alpha value is -2.49. The Balaban J connectivity index is 0.000000237. The van der Waals surface area contributed by atoms with E-state index in [0.29, 0.717) is 17.9 Å². The molecule has 0 aliphatic heterocycles. The number of carbonyl (C=O) groups is 2. The zero-order valence-electron chi connectivity index (χ0n) is 19.1. The van der Waals surface area contributed by atoms with Gasteiger partial charge in [-0.05, 0) is 67.8 Å². The van der Waals surface area contributed by atoms with Gasteiger partial charge < -0.3 is 5.11 Å². The molecular weight excluding hydrogens is 598 g/mol. The van der Waals surface area contributed by atoms with Crippen molar-refractivity contribution in [1.29, 1.82) is 0 Å². The second-order valence-corrected chi connectivity index (χ2v) is 11.8. The molecule has 4 rings (SSSR count). The van der Waals surface area contributed by atoms with Crippen LogP contribution in [0, 0.1) is 6.92 Å². The number of carbonyl (C=O) groups excluding carboxylic acids is 1. The van der Waals surface area contributed by atoms with Crippen LogP contribution in [0.3, 0.4) is 0 Å². The first-order chi connectivity index (χ1) is 16.6. The normalized spacial score (nSPS) is 12.8. The van der Waals surface area contributed by atoms with Gasteiger partial charge in [0, 0.05) is 27.5 Å². The fraction of sp³-hybridized carbons (Fsp3) is 0.231. The first kappa shape index (κ1) is 27.1. The molecule has 0 amide bonds. The van der Waals surface area contributed by atoms with E-state index in [1.54, 1.807) is 36.4 Å². The largest absolute Gasteiger partial charge is 0.481 e. The Kier molecular flexibility index (Phi) is 9.27. The van der Waals surface area contributed by atoms with Crippen molar-refractivity contribution in [2.75, 3.05) is 10.8 Å². The SMILES string of the molecule is Cc1ccc(S(=O)(=O)N(CCC(=O)O)c2cccc(Br)c2)cc1.O=C1CCCc2cc(Br)ccc21. The molecule has 6 nitrogen and oxygen atoms in total. The van der Waals surface area contributed by atoms with Gasteiger partial charge in [0.05, 0.1) is 17.0 Å². The molecule has 0 unspecified atom stereocenters. The van der Waals surface area contributed by atoms with Crippen LogP contribution in [0.1, 0.15) is 40.7 Å². The Labute approximate surface area is 222 Å². The molecule has 3 aromatic carbocycles. The number of ketones is 1. The predicted molar refractivity (Wildman–Crippen MR) is 144 cm³/mol. The molecule has 0 aromatic heterocycles. The van der Waals surface area contributed by atoms with Crippen molar-refractivity contribution in [3.63, 3.8) is 0 Å². The minimum absolute atomic E-state index is 0.133. The summed E-state index contributed by atoms with van der Waals surface area (Å²) >= 11 is 6.70. The van der Waals surface area contributed by atoms with Crippen molar-refractivity contribution in [3.8, 4) is 0 Å². The zero-order valence-corrected chi connectivity index (χ0v) is 23.1. The topological polar surface area (TPSA) is 91.8 Å². The van der Waals surface area contributed by atoms with Gasteiger partial charge in [0.2, 0.25) is 0 Å². The van der Waals surface area contributed by atoms with Crippen LogP contribution in [-0.2, 0) is 21.2 Å². The van der Waals surface area contributed by atoms with Crippen molar-refractivity contribution in [1.82, 2.24) is 0 Å². The van der Waals surface area contributed by atoms with Crippen molar-refractivity contribution in [2.45, 2.75) is 37.5 Å². The quantitative estimate of drug-likeness (QED) is 0.344. The average molecular weight is 623 g/mol. The maximum Gasteiger partial charge on any atom is 0.305 e. The lowest BCUT2D eigenvalue weighted by molar-refractivity contribution is -0.136. The number of Topliss-reactive ketones (excluding diaryl/α,β-unsaturated/α-hetero) is 1. The smallest absolute Gasteiger partial charge is 0.305 e. The molecule has 184 valence electrons. The summed E-state index contributed by atoms with van der Waals surface area (Å²) in [6.45, 7) is 1.73. The van der Waals surface area contributed by atoms with Gasteiger partial charge in [0.25, 0.3) is 10.0 Å². The molecule has 0 fully saturated rings. The molecule has 0 bridgehead atoms. The van der Waals surface area contributed by atoms with Crippen LogP contribution in [0.15, 0.2) is 80.6 Å². The van der Waals surface area contributed by atoms with Gasteiger partial charge in [-0.1, -0.05) is 61.7 Å². The molecule has 1 aliphatic rings. The number of carboxylic acid groups (broad SMARTS) is 1. The summed E-state index contributed by atoms with van der Waals surface area (Å²) in [7, 11) is -3.83. The number of halogens is 2. The first-order valence-corrected chi connectivity index (χ1v) is 14.0. The molecule has 0 saturated carbocycles. The summed E-state index contributed by atoms with van der Waals surface area (Å²) in [6, 6.07) is 19.1. The van der Waals surface area contributed by atoms with Gasteiger partial charge in [0.15, 0.2) is 5.78 Å². The Morgan fingerprint density at radius 3 is 2.31 bits per heavy atom. The molecule has 1 aliphatic carbocycles. The van der Waals surface area contributed by atoms with E-state index in [-0.39, 0.29) is 17.9 Å². The number of aliphatic carboxylic acids is 1. The van der Waals surface area contributed by atoms with Crippen LogP contribution in [0.25, 0.3) is 0 Å². The number of fused-ring (bicyclic) bond motifs is 1. The molecule has 0 atom stereocenters. The number of benzene rings is 3. The lowest BCUT2D eigenvalue weighted by atomic mass is 9.91. The number of aryl methyl sites for hydroxylation is 2. The van der Waals surface area contributed by atoms with Crippen molar-refractivity contribution >= 4 is 59.3 Å². The number of hydrogen-bond acceptors (Lipinski definition) is 4. The Morgan fingerprint density at radius 2 is 1.66 bits per heavy atom. The fourth-order valence-electron chi connectivity index (χ4n) is 3.67. The van der Waals surface area contributed by atoms with Gasteiger partial charge in [0.1, 0.15) is 0 Å². The van der Waals surface area contributed by atoms with Crippen LogP contribution in [0.5, 0.6) is 0 Å².